The summed E-state index contributed by atoms with van der Waals surface area (Å²) < 4.78 is 0. The first-order valence-corrected chi connectivity index (χ1v) is 12.8. The average molecular weight is 333 g/mol. The molecule has 1 rings (SSSR count). The van der Waals surface area contributed by atoms with Gasteiger partial charge in [0.25, 0.3) is 0 Å². The maximum Gasteiger partial charge on any atom is 0.129 e. The van der Waals surface area contributed by atoms with Crippen molar-refractivity contribution in [2.75, 3.05) is 6.61 Å². The monoisotopic (exact) mass is 332 g/mol. The summed E-state index contributed by atoms with van der Waals surface area (Å²) in [7, 11) is -1.21. The zero-order valence-corrected chi connectivity index (χ0v) is 16.8. The van der Waals surface area contributed by atoms with E-state index < -0.39 is 8.07 Å². The molecule has 130 valence electrons. The average Bonchev–Trinajstić information content (AvgIpc) is 3.22. The summed E-state index contributed by atoms with van der Waals surface area (Å²) in [5.41, 5.74) is 3.43. The van der Waals surface area contributed by atoms with Gasteiger partial charge in [0.2, 0.25) is 0 Å². The Morgan fingerprint density at radius 1 is 1.17 bits per heavy atom. The van der Waals surface area contributed by atoms with Crippen LogP contribution in [0, 0.1) is 35.1 Å². The fourth-order valence-corrected chi connectivity index (χ4v) is 3.54. The Labute approximate surface area is 145 Å². The summed E-state index contributed by atoms with van der Waals surface area (Å²) in [5, 5.41) is 8.84. The summed E-state index contributed by atoms with van der Waals surface area (Å²) in [6.45, 7) is 11.8. The first-order chi connectivity index (χ1) is 10.8. The van der Waals surface area contributed by atoms with E-state index >= 15 is 0 Å². The molecule has 0 aromatic carbocycles. The second-order valence-corrected chi connectivity index (χ2v) is 13.0. The molecule has 1 nitrogen and oxygen atoms in total. The van der Waals surface area contributed by atoms with Gasteiger partial charge in [-0.1, -0.05) is 70.6 Å². The molecule has 1 N–H and O–H groups in total. The second kappa shape index (κ2) is 10.2. The quantitative estimate of drug-likeness (QED) is 0.258. The number of rotatable bonds is 9. The van der Waals surface area contributed by atoms with Crippen LogP contribution in [-0.4, -0.2) is 19.8 Å². The van der Waals surface area contributed by atoms with E-state index in [1.807, 2.05) is 0 Å². The predicted octanol–water partition coefficient (Wildman–Crippen LogP) is 5.44. The van der Waals surface area contributed by atoms with E-state index in [0.717, 1.165) is 30.6 Å². The molecule has 0 aromatic rings. The predicted molar refractivity (Wildman–Crippen MR) is 105 cm³/mol. The molecule has 1 aliphatic rings. The Morgan fingerprint density at radius 3 is 2.57 bits per heavy atom. The van der Waals surface area contributed by atoms with Crippen LogP contribution in [0.2, 0.25) is 19.6 Å². The van der Waals surface area contributed by atoms with Gasteiger partial charge in [0.1, 0.15) is 8.07 Å². The first-order valence-electron chi connectivity index (χ1n) is 9.29. The number of hydrogen-bond donors (Lipinski definition) is 1. The summed E-state index contributed by atoms with van der Waals surface area (Å²) in [5.74, 6) is 6.35. The van der Waals surface area contributed by atoms with Crippen LogP contribution in [0.3, 0.4) is 0 Å². The van der Waals surface area contributed by atoms with Crippen LogP contribution in [0.15, 0.2) is 24.3 Å². The lowest BCUT2D eigenvalue weighted by molar-refractivity contribution is 0.276. The van der Waals surface area contributed by atoms with E-state index in [1.54, 1.807) is 0 Å². The van der Waals surface area contributed by atoms with Gasteiger partial charge >= 0.3 is 0 Å². The van der Waals surface area contributed by atoms with Crippen LogP contribution < -0.4 is 0 Å². The topological polar surface area (TPSA) is 20.2 Å². The molecule has 0 spiro atoms. The van der Waals surface area contributed by atoms with E-state index in [2.05, 4.69) is 69.3 Å². The Bertz CT molecular complexity index is 447. The highest BCUT2D eigenvalue weighted by Crippen LogP contribution is 2.46. The number of aliphatic hydroxyl groups is 1. The molecule has 0 heterocycles. The molecule has 0 amide bonds. The summed E-state index contributed by atoms with van der Waals surface area (Å²) in [6, 6.07) is 0. The van der Waals surface area contributed by atoms with Crippen molar-refractivity contribution >= 4 is 8.07 Å². The van der Waals surface area contributed by atoms with Crippen LogP contribution >= 0.6 is 0 Å². The lowest BCUT2D eigenvalue weighted by Crippen LogP contribution is -2.16. The van der Waals surface area contributed by atoms with Gasteiger partial charge in [-0.05, 0) is 36.5 Å². The zero-order valence-electron chi connectivity index (χ0n) is 15.8. The smallest absolute Gasteiger partial charge is 0.129 e. The molecule has 0 aliphatic heterocycles. The third kappa shape index (κ3) is 9.84. The van der Waals surface area contributed by atoms with Gasteiger partial charge in [-0.25, -0.2) is 0 Å². The van der Waals surface area contributed by atoms with E-state index in [9.17, 15) is 0 Å². The van der Waals surface area contributed by atoms with Crippen molar-refractivity contribution in [1.82, 2.24) is 0 Å². The van der Waals surface area contributed by atoms with E-state index in [4.69, 9.17) is 5.11 Å². The SMILES string of the molecule is C[C@@H](/C=C/C=C/[C@@H]1C[C@@H]1[C@@H](C)CCCCO)CC#C[Si](C)(C)C. The highest BCUT2D eigenvalue weighted by Gasteiger charge is 2.38. The van der Waals surface area contributed by atoms with Crippen molar-refractivity contribution in [1.29, 1.82) is 0 Å². The molecule has 0 saturated heterocycles. The fourth-order valence-electron chi connectivity index (χ4n) is 2.91. The van der Waals surface area contributed by atoms with E-state index in [0.29, 0.717) is 12.5 Å². The zero-order chi connectivity index (χ0) is 17.3. The van der Waals surface area contributed by atoms with Crippen LogP contribution in [-0.2, 0) is 0 Å². The molecule has 1 aliphatic carbocycles. The van der Waals surface area contributed by atoms with Crippen molar-refractivity contribution in [3.63, 3.8) is 0 Å². The normalized spacial score (nSPS) is 23.7. The fraction of sp³-hybridized carbons (Fsp3) is 0.714. The van der Waals surface area contributed by atoms with Crippen LogP contribution in [0.25, 0.3) is 0 Å². The third-order valence-corrected chi connectivity index (χ3v) is 5.41. The van der Waals surface area contributed by atoms with Crippen molar-refractivity contribution in [2.45, 2.75) is 65.6 Å². The van der Waals surface area contributed by atoms with Crippen molar-refractivity contribution in [3.8, 4) is 11.5 Å². The standard InChI is InChI=1S/C21H36OSi/c1-18(12-10-16-23(3,4)5)11-6-7-14-20-17-21(20)19(2)13-8-9-15-22/h6-7,11,14,18-22H,8-9,12-13,15,17H2,1-5H3/b11-6+,14-7+/t18-,19-,20+,21+/m0/s1. The molecule has 4 atom stereocenters. The molecule has 23 heavy (non-hydrogen) atoms. The molecule has 2 heteroatoms. The maximum absolute atomic E-state index is 8.84. The summed E-state index contributed by atoms with van der Waals surface area (Å²) >= 11 is 0. The maximum atomic E-state index is 8.84. The van der Waals surface area contributed by atoms with Gasteiger partial charge in [0, 0.05) is 13.0 Å². The molecule has 1 saturated carbocycles. The van der Waals surface area contributed by atoms with Gasteiger partial charge < -0.3 is 5.11 Å². The number of allylic oxidation sites excluding steroid dienone is 4. The number of aliphatic hydroxyl groups excluding tert-OH is 1. The minimum absolute atomic E-state index is 0.339. The molecule has 0 unspecified atom stereocenters. The molecular formula is C21H36OSi. The second-order valence-electron chi connectivity index (χ2n) is 8.26. The van der Waals surface area contributed by atoms with Gasteiger partial charge in [-0.3, -0.25) is 0 Å². The van der Waals surface area contributed by atoms with Crippen LogP contribution in [0.5, 0.6) is 0 Å². The van der Waals surface area contributed by atoms with Crippen LogP contribution in [0.1, 0.15) is 46.0 Å². The molecular weight excluding hydrogens is 296 g/mol. The van der Waals surface area contributed by atoms with E-state index in [1.165, 1.54) is 19.3 Å². The van der Waals surface area contributed by atoms with Crippen LogP contribution in [0.4, 0.5) is 0 Å². The Hall–Kier alpha value is -0.783. The molecule has 0 bridgehead atoms. The Kier molecular flexibility index (Phi) is 8.95. The van der Waals surface area contributed by atoms with Gasteiger partial charge in [0.15, 0.2) is 0 Å². The van der Waals surface area contributed by atoms with Gasteiger partial charge in [0.05, 0.1) is 0 Å². The van der Waals surface area contributed by atoms with Crippen molar-refractivity contribution in [3.05, 3.63) is 24.3 Å². The number of unbranched alkanes of at least 4 members (excludes halogenated alkanes) is 1. The highest BCUT2D eigenvalue weighted by molar-refractivity contribution is 6.83. The van der Waals surface area contributed by atoms with E-state index in [-0.39, 0.29) is 0 Å². The van der Waals surface area contributed by atoms with Gasteiger partial charge in [-0.2, -0.15) is 0 Å². The summed E-state index contributed by atoms with van der Waals surface area (Å²) in [6.07, 6.45) is 14.8. The van der Waals surface area contributed by atoms with Crippen molar-refractivity contribution < 1.29 is 5.11 Å². The minimum atomic E-state index is -1.21. The molecule has 0 radical (unpaired) electrons. The number of hydrogen-bond acceptors (Lipinski definition) is 1. The lowest BCUT2D eigenvalue weighted by Gasteiger charge is -2.09. The molecule has 1 fully saturated rings. The lowest BCUT2D eigenvalue weighted by atomic mass is 9.97. The molecule has 0 aromatic heterocycles. The minimum Gasteiger partial charge on any atom is -0.396 e. The van der Waals surface area contributed by atoms with Gasteiger partial charge in [-0.15, -0.1) is 11.5 Å². The Balaban J connectivity index is 2.22. The Morgan fingerprint density at radius 2 is 1.91 bits per heavy atom. The summed E-state index contributed by atoms with van der Waals surface area (Å²) in [4.78, 5) is 0. The highest BCUT2D eigenvalue weighted by atomic mass is 28.3. The largest absolute Gasteiger partial charge is 0.396 e. The third-order valence-electron chi connectivity index (χ3n) is 4.49. The van der Waals surface area contributed by atoms with Crippen molar-refractivity contribution in [2.24, 2.45) is 23.7 Å². The first kappa shape index (κ1) is 20.3.